The first-order valence-electron chi connectivity index (χ1n) is 13.9. The van der Waals surface area contributed by atoms with Crippen LogP contribution >= 0.6 is 7.60 Å². The van der Waals surface area contributed by atoms with Crippen LogP contribution in [0.3, 0.4) is 0 Å². The highest BCUT2D eigenvalue weighted by molar-refractivity contribution is 7.54. The summed E-state index contributed by atoms with van der Waals surface area (Å²) < 4.78 is 11.7. The number of rotatable bonds is 25. The van der Waals surface area contributed by atoms with Gasteiger partial charge in [-0.1, -0.05) is 96.8 Å². The Balaban J connectivity index is 4.54. The highest BCUT2D eigenvalue weighted by atomic mass is 31.2. The molecule has 0 aliphatic heterocycles. The Kier molecular flexibility index (Phi) is 19.0. The van der Waals surface area contributed by atoms with Crippen molar-refractivity contribution in [3.8, 4) is 0 Å². The molecule has 0 aromatic heterocycles. The molecule has 0 radical (unpaired) electrons. The molecule has 0 spiro atoms. The number of carboxylic acid groups (broad SMARTS) is 2. The van der Waals surface area contributed by atoms with Crippen molar-refractivity contribution >= 4 is 25.3 Å². The Labute approximate surface area is 222 Å². The summed E-state index contributed by atoms with van der Waals surface area (Å²) in [6, 6.07) is -1.05. The first-order valence-corrected chi connectivity index (χ1v) is 15.6. The predicted octanol–water partition coefficient (Wildman–Crippen LogP) is 4.93. The maximum atomic E-state index is 12.4. The van der Waals surface area contributed by atoms with Crippen molar-refractivity contribution in [1.29, 1.82) is 0 Å². The third-order valence-corrected chi connectivity index (χ3v) is 8.63. The molecule has 37 heavy (non-hydrogen) atoms. The van der Waals surface area contributed by atoms with Crippen LogP contribution in [0.15, 0.2) is 0 Å². The number of ketones is 1. The van der Waals surface area contributed by atoms with Crippen LogP contribution in [0.5, 0.6) is 0 Å². The second kappa shape index (κ2) is 19.7. The van der Waals surface area contributed by atoms with E-state index in [0.29, 0.717) is 6.42 Å². The zero-order valence-corrected chi connectivity index (χ0v) is 23.5. The van der Waals surface area contributed by atoms with Crippen molar-refractivity contribution in [2.24, 2.45) is 17.4 Å². The van der Waals surface area contributed by atoms with Crippen LogP contribution in [0.4, 0.5) is 0 Å². The molecule has 0 amide bonds. The summed E-state index contributed by atoms with van der Waals surface area (Å²) in [7, 11) is -5.17. The smallest absolute Gasteiger partial charge is 0.356 e. The van der Waals surface area contributed by atoms with Gasteiger partial charge in [-0.05, 0) is 25.2 Å². The fraction of sp³-hybridized carbons (Fsp3) is 0.885. The SMILES string of the molecule is CCCCCCCCCCCCCCCCC(CC[C@](N)(C(=O)O)P(=O)(O)O)C(N)C(=O)CCC(=O)O. The van der Waals surface area contributed by atoms with E-state index in [-0.39, 0.29) is 19.3 Å². The van der Waals surface area contributed by atoms with Crippen LogP contribution in [-0.2, 0) is 18.9 Å². The van der Waals surface area contributed by atoms with E-state index in [1.165, 1.54) is 64.2 Å². The monoisotopic (exact) mass is 550 g/mol. The number of carboxylic acids is 2. The van der Waals surface area contributed by atoms with Crippen LogP contribution in [0.2, 0.25) is 0 Å². The van der Waals surface area contributed by atoms with E-state index in [4.69, 9.17) is 16.6 Å². The number of Topliss-reactive ketones (excluding diaryl/α,β-unsaturated/α-hetero) is 1. The van der Waals surface area contributed by atoms with E-state index in [1.54, 1.807) is 0 Å². The van der Waals surface area contributed by atoms with Gasteiger partial charge in [-0.2, -0.15) is 0 Å². The molecule has 0 aromatic carbocycles. The van der Waals surface area contributed by atoms with Gasteiger partial charge < -0.3 is 31.5 Å². The number of aliphatic carboxylic acids is 2. The lowest BCUT2D eigenvalue weighted by Gasteiger charge is -2.29. The molecule has 8 N–H and O–H groups in total. The minimum Gasteiger partial charge on any atom is -0.481 e. The molecule has 2 unspecified atom stereocenters. The molecule has 0 saturated heterocycles. The number of carbonyl (C=O) groups is 3. The molecular weight excluding hydrogens is 499 g/mol. The van der Waals surface area contributed by atoms with Crippen LogP contribution in [0.1, 0.15) is 129 Å². The Morgan fingerprint density at radius 1 is 0.757 bits per heavy atom. The largest absolute Gasteiger partial charge is 0.481 e. The van der Waals surface area contributed by atoms with Crippen LogP contribution in [-0.4, -0.2) is 49.0 Å². The normalized spacial score (nSPS) is 15.2. The Hall–Kier alpha value is -1.32. The summed E-state index contributed by atoms with van der Waals surface area (Å²) in [6.07, 6.45) is 15.8. The van der Waals surface area contributed by atoms with Gasteiger partial charge in [0.15, 0.2) is 0 Å². The average molecular weight is 551 g/mol. The van der Waals surface area contributed by atoms with E-state index < -0.39 is 49.0 Å². The van der Waals surface area contributed by atoms with Crippen molar-refractivity contribution in [3.63, 3.8) is 0 Å². The number of carbonyl (C=O) groups excluding carboxylic acids is 1. The maximum Gasteiger partial charge on any atom is 0.356 e. The molecule has 0 bridgehead atoms. The lowest BCUT2D eigenvalue weighted by molar-refractivity contribution is -0.141. The molecule has 11 heteroatoms. The molecule has 0 aliphatic carbocycles. The number of nitrogens with two attached hydrogens (primary N) is 2. The van der Waals surface area contributed by atoms with E-state index in [0.717, 1.165) is 25.7 Å². The molecular formula is C26H51N2O8P. The van der Waals surface area contributed by atoms with Gasteiger partial charge in [0.1, 0.15) is 5.78 Å². The average Bonchev–Trinajstić information content (AvgIpc) is 2.82. The molecule has 218 valence electrons. The molecule has 0 rings (SSSR count). The van der Waals surface area contributed by atoms with E-state index in [2.05, 4.69) is 6.92 Å². The lowest BCUT2D eigenvalue weighted by atomic mass is 9.85. The minimum atomic E-state index is -5.17. The van der Waals surface area contributed by atoms with Gasteiger partial charge in [-0.3, -0.25) is 14.2 Å². The lowest BCUT2D eigenvalue weighted by Crippen LogP contribution is -2.48. The van der Waals surface area contributed by atoms with Gasteiger partial charge in [0.05, 0.1) is 12.5 Å². The Morgan fingerprint density at radius 3 is 1.57 bits per heavy atom. The van der Waals surface area contributed by atoms with Gasteiger partial charge in [-0.25, -0.2) is 4.79 Å². The summed E-state index contributed by atoms with van der Waals surface area (Å²) in [5.41, 5.74) is 11.6. The third-order valence-electron chi connectivity index (χ3n) is 7.18. The van der Waals surface area contributed by atoms with Gasteiger partial charge in [-0.15, -0.1) is 0 Å². The highest BCUT2D eigenvalue weighted by Gasteiger charge is 2.50. The molecule has 0 heterocycles. The molecule has 10 nitrogen and oxygen atoms in total. The van der Waals surface area contributed by atoms with Crippen molar-refractivity contribution in [1.82, 2.24) is 0 Å². The first-order chi connectivity index (χ1) is 17.4. The van der Waals surface area contributed by atoms with Crippen molar-refractivity contribution in [3.05, 3.63) is 0 Å². The standard InChI is InChI=1S/C26H51N2O8P/c1-2-3-4-5-6-7-8-9-10-11-12-13-14-15-16-21(24(27)22(29)17-18-23(30)31)19-20-26(28,25(32)33)37(34,35)36/h21,24H,2-20,27-28H2,1H3,(H,30,31)(H,32,33)(H2,34,35,36)/t21?,24?,26-/m1/s1. The van der Waals surface area contributed by atoms with E-state index in [1.807, 2.05) is 0 Å². The third kappa shape index (κ3) is 15.6. The Bertz CT molecular complexity index is 715. The van der Waals surface area contributed by atoms with Crippen molar-refractivity contribution in [2.45, 2.75) is 140 Å². The van der Waals surface area contributed by atoms with Crippen LogP contribution in [0, 0.1) is 5.92 Å². The first kappa shape index (κ1) is 35.7. The summed E-state index contributed by atoms with van der Waals surface area (Å²) >= 11 is 0. The zero-order valence-electron chi connectivity index (χ0n) is 22.6. The topological polar surface area (TPSA) is 201 Å². The number of hydrogen-bond acceptors (Lipinski definition) is 6. The van der Waals surface area contributed by atoms with Gasteiger partial charge in [0.2, 0.25) is 5.28 Å². The molecule has 0 fully saturated rings. The van der Waals surface area contributed by atoms with Crippen molar-refractivity contribution < 1.29 is 38.9 Å². The number of unbranched alkanes of at least 4 members (excludes halogenated alkanes) is 13. The van der Waals surface area contributed by atoms with Crippen molar-refractivity contribution in [2.75, 3.05) is 0 Å². The van der Waals surface area contributed by atoms with Gasteiger partial charge in [0.25, 0.3) is 0 Å². The Morgan fingerprint density at radius 2 is 1.19 bits per heavy atom. The molecule has 0 saturated carbocycles. The zero-order chi connectivity index (χ0) is 28.3. The van der Waals surface area contributed by atoms with Crippen LogP contribution < -0.4 is 11.5 Å². The second-order valence-electron chi connectivity index (χ2n) is 10.3. The quantitative estimate of drug-likeness (QED) is 0.0668. The fourth-order valence-corrected chi connectivity index (χ4v) is 5.22. The second-order valence-corrected chi connectivity index (χ2v) is 12.2. The number of hydrogen-bond donors (Lipinski definition) is 6. The molecule has 0 aliphatic rings. The predicted molar refractivity (Wildman–Crippen MR) is 144 cm³/mol. The summed E-state index contributed by atoms with van der Waals surface area (Å²) in [5, 5.41) is 15.4. The highest BCUT2D eigenvalue weighted by Crippen LogP contribution is 2.50. The summed E-state index contributed by atoms with van der Waals surface area (Å²) in [6.45, 7) is 2.22. The van der Waals surface area contributed by atoms with E-state index >= 15 is 0 Å². The fourth-order valence-electron chi connectivity index (χ4n) is 4.55. The van der Waals surface area contributed by atoms with Gasteiger partial charge in [0, 0.05) is 6.42 Å². The summed E-state index contributed by atoms with van der Waals surface area (Å²) in [4.78, 5) is 53.6. The van der Waals surface area contributed by atoms with Gasteiger partial charge >= 0.3 is 19.5 Å². The molecule has 0 aromatic rings. The maximum absolute atomic E-state index is 12.4. The minimum absolute atomic E-state index is 0.0632. The van der Waals surface area contributed by atoms with Crippen LogP contribution in [0.25, 0.3) is 0 Å². The van der Waals surface area contributed by atoms with E-state index in [9.17, 15) is 33.8 Å². The molecule has 3 atom stereocenters. The summed E-state index contributed by atoms with van der Waals surface area (Å²) in [5.74, 6) is -3.96.